The van der Waals surface area contributed by atoms with Gasteiger partial charge in [0.2, 0.25) is 0 Å². The Balaban J connectivity index is 3.78. The van der Waals surface area contributed by atoms with Crippen LogP contribution in [0.4, 0.5) is 0 Å². The van der Waals surface area contributed by atoms with Gasteiger partial charge in [0, 0.05) is 14.2 Å². The summed E-state index contributed by atoms with van der Waals surface area (Å²) in [6.07, 6.45) is 1.85. The molecule has 0 aliphatic heterocycles. The van der Waals surface area contributed by atoms with Crippen LogP contribution < -0.4 is 0 Å². The first kappa shape index (κ1) is 9.50. The molecule has 0 bridgehead atoms. The molecule has 0 aromatic rings. The Morgan fingerprint density at radius 3 is 2.00 bits per heavy atom. The first-order valence-corrected chi connectivity index (χ1v) is 5.50. The molecule has 0 aliphatic carbocycles. The largest absolute Gasteiger partial charge is 0.339 e. The van der Waals surface area contributed by atoms with E-state index >= 15 is 0 Å². The summed E-state index contributed by atoms with van der Waals surface area (Å²) >= 11 is 1.44. The predicted octanol–water partition coefficient (Wildman–Crippen LogP) is 1.79. The van der Waals surface area contributed by atoms with E-state index in [0.717, 1.165) is 0 Å². The van der Waals surface area contributed by atoms with Crippen LogP contribution in [-0.4, -0.2) is 26.0 Å². The Morgan fingerprint density at radius 1 is 1.44 bits per heavy atom. The van der Waals surface area contributed by atoms with Crippen LogP contribution in [0.3, 0.4) is 0 Å². The smallest absolute Gasteiger partial charge is 0.311 e. The molecule has 0 aliphatic rings. The van der Waals surface area contributed by atoms with Crippen LogP contribution in [-0.2, 0) is 13.6 Å². The minimum absolute atomic E-state index is 0.417. The molecule has 0 N–H and O–H groups in total. The molecule has 0 amide bonds. The summed E-state index contributed by atoms with van der Waals surface area (Å²) in [7, 11) is 0.0606. The van der Waals surface area contributed by atoms with Gasteiger partial charge in [-0.05, 0) is 6.26 Å². The van der Waals surface area contributed by atoms with E-state index in [2.05, 4.69) is 9.05 Å². The Labute approximate surface area is 59.6 Å². The fourth-order valence-corrected chi connectivity index (χ4v) is 2.60. The molecule has 0 unspecified atom stereocenters. The minimum Gasteiger partial charge on any atom is -0.311 e. The third kappa shape index (κ3) is 3.26. The predicted molar refractivity (Wildman–Crippen MR) is 40.0 cm³/mol. The second-order valence-corrected chi connectivity index (χ2v) is 4.96. The van der Waals surface area contributed by atoms with Gasteiger partial charge in [-0.1, -0.05) is 0 Å². The van der Waals surface area contributed by atoms with E-state index in [0.29, 0.717) is 5.49 Å². The molecule has 0 aromatic heterocycles. The molecule has 0 aromatic carbocycles. The Bertz CT molecular complexity index is 108. The van der Waals surface area contributed by atoms with Crippen molar-refractivity contribution in [3.8, 4) is 0 Å². The molecule has 0 saturated heterocycles. The summed E-state index contributed by atoms with van der Waals surface area (Å²) in [5.74, 6) is 0. The summed E-state index contributed by atoms with van der Waals surface area (Å²) in [4.78, 5) is 0. The van der Waals surface area contributed by atoms with Crippen LogP contribution in [0.15, 0.2) is 0 Å². The summed E-state index contributed by atoms with van der Waals surface area (Å²) in [5, 5.41) is 0. The third-order valence-corrected chi connectivity index (χ3v) is 4.25. The molecular weight excluding hydrogens is 159 g/mol. The molecule has 0 radical (unpaired) electrons. The van der Waals surface area contributed by atoms with Crippen LogP contribution in [0.25, 0.3) is 0 Å². The van der Waals surface area contributed by atoms with Gasteiger partial charge in [-0.15, -0.1) is 0 Å². The van der Waals surface area contributed by atoms with Gasteiger partial charge in [0.1, 0.15) is 0 Å². The summed E-state index contributed by atoms with van der Waals surface area (Å²) < 4.78 is 20.4. The van der Waals surface area contributed by atoms with Crippen molar-refractivity contribution in [3.05, 3.63) is 0 Å². The van der Waals surface area contributed by atoms with Crippen LogP contribution in [0.1, 0.15) is 0 Å². The average Bonchev–Trinajstić information content (AvgIpc) is 1.89. The van der Waals surface area contributed by atoms with Gasteiger partial charge in [-0.25, -0.2) is 0 Å². The van der Waals surface area contributed by atoms with Crippen LogP contribution in [0, 0.1) is 0 Å². The van der Waals surface area contributed by atoms with Crippen molar-refractivity contribution < 1.29 is 13.6 Å². The maximum Gasteiger partial charge on any atom is 0.339 e. The highest BCUT2D eigenvalue weighted by Crippen LogP contribution is 2.48. The average molecular weight is 170 g/mol. The molecule has 3 nitrogen and oxygen atoms in total. The molecule has 56 valence electrons. The molecule has 0 fully saturated rings. The monoisotopic (exact) mass is 170 g/mol. The molecule has 9 heavy (non-hydrogen) atoms. The number of thioether (sulfide) groups is 1. The van der Waals surface area contributed by atoms with Gasteiger partial charge in [-0.2, -0.15) is 11.8 Å². The molecule has 0 spiro atoms. The lowest BCUT2D eigenvalue weighted by Gasteiger charge is -2.10. The van der Waals surface area contributed by atoms with E-state index in [1.54, 1.807) is 0 Å². The number of rotatable bonds is 4. The zero-order valence-corrected chi connectivity index (χ0v) is 7.50. The lowest BCUT2D eigenvalue weighted by molar-refractivity contribution is 0.281. The maximum absolute atomic E-state index is 11.1. The maximum atomic E-state index is 11.1. The van der Waals surface area contributed by atoms with E-state index in [1.807, 2.05) is 6.26 Å². The first-order valence-electron chi connectivity index (χ1n) is 2.38. The topological polar surface area (TPSA) is 35.5 Å². The van der Waals surface area contributed by atoms with Crippen LogP contribution in [0.2, 0.25) is 0 Å². The van der Waals surface area contributed by atoms with Gasteiger partial charge in [0.25, 0.3) is 0 Å². The number of hydrogen-bond donors (Lipinski definition) is 0. The number of hydrogen-bond acceptors (Lipinski definition) is 4. The van der Waals surface area contributed by atoms with Gasteiger partial charge in [-0.3, -0.25) is 4.57 Å². The quantitative estimate of drug-likeness (QED) is 0.602. The van der Waals surface area contributed by atoms with Crippen molar-refractivity contribution in [3.63, 3.8) is 0 Å². The SMILES string of the molecule is COP(=O)(CSC)OC. The Hall–Kier alpha value is 0.500. The fourth-order valence-electron chi connectivity index (χ4n) is 0.338. The van der Waals surface area contributed by atoms with Gasteiger partial charge in [0.05, 0.1) is 5.49 Å². The molecule has 0 saturated carbocycles. The first-order chi connectivity index (χ1) is 4.18. The van der Waals surface area contributed by atoms with Crippen molar-refractivity contribution in [2.45, 2.75) is 0 Å². The summed E-state index contributed by atoms with van der Waals surface area (Å²) in [6, 6.07) is 0. The minimum atomic E-state index is -2.72. The second-order valence-electron chi connectivity index (χ2n) is 1.39. The molecular formula is C4H11O3PS. The Kier molecular flexibility index (Phi) is 4.58. The van der Waals surface area contributed by atoms with Crippen LogP contribution in [0.5, 0.6) is 0 Å². The van der Waals surface area contributed by atoms with Gasteiger partial charge in [0.15, 0.2) is 0 Å². The van der Waals surface area contributed by atoms with E-state index < -0.39 is 7.60 Å². The van der Waals surface area contributed by atoms with Crippen molar-refractivity contribution in [2.24, 2.45) is 0 Å². The fraction of sp³-hybridized carbons (Fsp3) is 1.00. The van der Waals surface area contributed by atoms with Gasteiger partial charge >= 0.3 is 7.60 Å². The highest BCUT2D eigenvalue weighted by molar-refractivity contribution is 8.03. The Morgan fingerprint density at radius 2 is 1.89 bits per heavy atom. The summed E-state index contributed by atoms with van der Waals surface area (Å²) in [5.41, 5.74) is 0.417. The highest BCUT2D eigenvalue weighted by Gasteiger charge is 2.18. The lowest BCUT2D eigenvalue weighted by atomic mass is 11.8. The molecule has 0 rings (SSSR count). The molecule has 0 heterocycles. The zero-order valence-electron chi connectivity index (χ0n) is 5.79. The zero-order chi connectivity index (χ0) is 7.33. The second kappa shape index (κ2) is 4.34. The van der Waals surface area contributed by atoms with Gasteiger partial charge < -0.3 is 9.05 Å². The van der Waals surface area contributed by atoms with E-state index in [-0.39, 0.29) is 0 Å². The van der Waals surface area contributed by atoms with Crippen molar-refractivity contribution in [1.29, 1.82) is 0 Å². The van der Waals surface area contributed by atoms with Crippen molar-refractivity contribution in [1.82, 2.24) is 0 Å². The molecule has 0 atom stereocenters. The van der Waals surface area contributed by atoms with E-state index in [9.17, 15) is 4.57 Å². The van der Waals surface area contributed by atoms with Crippen molar-refractivity contribution >= 4 is 19.4 Å². The summed E-state index contributed by atoms with van der Waals surface area (Å²) in [6.45, 7) is 0. The van der Waals surface area contributed by atoms with Crippen molar-refractivity contribution in [2.75, 3.05) is 26.0 Å². The van der Waals surface area contributed by atoms with E-state index in [1.165, 1.54) is 26.0 Å². The third-order valence-electron chi connectivity index (χ3n) is 0.844. The molecule has 5 heteroatoms. The normalized spacial score (nSPS) is 11.9. The van der Waals surface area contributed by atoms with E-state index in [4.69, 9.17) is 0 Å². The highest BCUT2D eigenvalue weighted by atomic mass is 32.2. The van der Waals surface area contributed by atoms with Crippen LogP contribution >= 0.6 is 19.4 Å². The lowest BCUT2D eigenvalue weighted by Crippen LogP contribution is -1.89. The standard InChI is InChI=1S/C4H11O3PS/c1-6-8(5,7-2)4-9-3/h4H2,1-3H3.